The van der Waals surface area contributed by atoms with Crippen molar-refractivity contribution in [2.75, 3.05) is 31.6 Å². The number of piperidine rings is 1. The highest BCUT2D eigenvalue weighted by atomic mass is 35.5. The minimum atomic E-state index is 0. The summed E-state index contributed by atoms with van der Waals surface area (Å²) < 4.78 is 11.1. The van der Waals surface area contributed by atoms with E-state index in [0.717, 1.165) is 37.6 Å². The molecule has 25 heavy (non-hydrogen) atoms. The Morgan fingerprint density at radius 3 is 2.64 bits per heavy atom. The van der Waals surface area contributed by atoms with Crippen LogP contribution >= 0.6 is 12.4 Å². The third kappa shape index (κ3) is 6.17. The molecule has 2 saturated heterocycles. The molecule has 1 aromatic rings. The first-order chi connectivity index (χ1) is 11.7. The Morgan fingerprint density at radius 1 is 1.28 bits per heavy atom. The van der Waals surface area contributed by atoms with Gasteiger partial charge >= 0.3 is 0 Å². The van der Waals surface area contributed by atoms with E-state index < -0.39 is 0 Å². The lowest BCUT2D eigenvalue weighted by molar-refractivity contribution is -0.117. The molecule has 0 bridgehead atoms. The summed E-state index contributed by atoms with van der Waals surface area (Å²) in [7, 11) is 0. The van der Waals surface area contributed by atoms with Crippen molar-refractivity contribution in [3.05, 3.63) is 24.3 Å². The number of benzene rings is 1. The number of ether oxygens (including phenoxy) is 2. The number of anilines is 1. The summed E-state index contributed by atoms with van der Waals surface area (Å²) in [5.74, 6) is 2.00. The van der Waals surface area contributed by atoms with Crippen molar-refractivity contribution < 1.29 is 14.3 Å². The van der Waals surface area contributed by atoms with Crippen molar-refractivity contribution in [2.45, 2.75) is 38.7 Å². The first kappa shape index (κ1) is 20.0. The molecule has 2 fully saturated rings. The van der Waals surface area contributed by atoms with Gasteiger partial charge in [-0.05, 0) is 62.0 Å². The number of halogens is 1. The van der Waals surface area contributed by atoms with E-state index in [1.165, 1.54) is 12.8 Å². The molecular formula is C19H29ClN2O3. The summed E-state index contributed by atoms with van der Waals surface area (Å²) in [6.45, 7) is 5.77. The van der Waals surface area contributed by atoms with E-state index in [4.69, 9.17) is 9.47 Å². The van der Waals surface area contributed by atoms with E-state index in [9.17, 15) is 4.79 Å². The fraction of sp³-hybridized carbons (Fsp3) is 0.632. The SMILES string of the molecule is CC(CC(=O)Nc1ccc(OC2CCOC2)cc1)C1CCNCC1.Cl. The van der Waals surface area contributed by atoms with Crippen molar-refractivity contribution in [2.24, 2.45) is 11.8 Å². The van der Waals surface area contributed by atoms with E-state index in [1.807, 2.05) is 24.3 Å². The molecule has 1 amide bonds. The van der Waals surface area contributed by atoms with Crippen molar-refractivity contribution in [3.8, 4) is 5.75 Å². The molecule has 2 N–H and O–H groups in total. The Labute approximate surface area is 156 Å². The number of carbonyl (C=O) groups is 1. The molecule has 2 heterocycles. The molecule has 3 rings (SSSR count). The van der Waals surface area contributed by atoms with Crippen molar-refractivity contribution in [1.29, 1.82) is 0 Å². The lowest BCUT2D eigenvalue weighted by Gasteiger charge is -2.27. The Morgan fingerprint density at radius 2 is 2.00 bits per heavy atom. The summed E-state index contributed by atoms with van der Waals surface area (Å²) >= 11 is 0. The molecule has 1 aromatic carbocycles. The molecule has 2 atom stereocenters. The summed E-state index contributed by atoms with van der Waals surface area (Å²) in [5.41, 5.74) is 0.826. The topological polar surface area (TPSA) is 59.6 Å². The average molecular weight is 369 g/mol. The van der Waals surface area contributed by atoms with Crippen LogP contribution < -0.4 is 15.4 Å². The zero-order chi connectivity index (χ0) is 16.8. The summed E-state index contributed by atoms with van der Waals surface area (Å²) in [6, 6.07) is 7.62. The van der Waals surface area contributed by atoms with Gasteiger partial charge in [0, 0.05) is 18.5 Å². The maximum Gasteiger partial charge on any atom is 0.224 e. The molecule has 0 saturated carbocycles. The molecule has 140 valence electrons. The highest BCUT2D eigenvalue weighted by molar-refractivity contribution is 5.90. The fourth-order valence-corrected chi connectivity index (χ4v) is 3.50. The summed E-state index contributed by atoms with van der Waals surface area (Å²) in [4.78, 5) is 12.3. The van der Waals surface area contributed by atoms with E-state index in [2.05, 4.69) is 17.6 Å². The molecule has 0 aromatic heterocycles. The number of carbonyl (C=O) groups excluding carboxylic acids is 1. The number of rotatable bonds is 6. The quantitative estimate of drug-likeness (QED) is 0.809. The molecule has 5 nitrogen and oxygen atoms in total. The van der Waals surface area contributed by atoms with Crippen molar-refractivity contribution in [3.63, 3.8) is 0 Å². The number of hydrogen-bond donors (Lipinski definition) is 2. The zero-order valence-corrected chi connectivity index (χ0v) is 15.6. The Bertz CT molecular complexity index is 526. The first-order valence-corrected chi connectivity index (χ1v) is 9.06. The normalized spacial score (nSPS) is 22.0. The van der Waals surface area contributed by atoms with E-state index in [0.29, 0.717) is 24.9 Å². The van der Waals surface area contributed by atoms with Crippen LogP contribution in [0.5, 0.6) is 5.75 Å². The van der Waals surface area contributed by atoms with Gasteiger partial charge in [-0.1, -0.05) is 6.92 Å². The van der Waals surface area contributed by atoms with Crippen molar-refractivity contribution in [1.82, 2.24) is 5.32 Å². The molecule has 2 aliphatic rings. The van der Waals surface area contributed by atoms with Gasteiger partial charge in [0.2, 0.25) is 5.91 Å². The maximum absolute atomic E-state index is 12.3. The van der Waals surface area contributed by atoms with Crippen molar-refractivity contribution >= 4 is 24.0 Å². The van der Waals surface area contributed by atoms with Gasteiger partial charge in [0.05, 0.1) is 13.2 Å². The second-order valence-corrected chi connectivity index (χ2v) is 6.94. The van der Waals surface area contributed by atoms with E-state index in [1.54, 1.807) is 0 Å². The maximum atomic E-state index is 12.3. The molecule has 0 spiro atoms. The van der Waals surface area contributed by atoms with Gasteiger partial charge in [-0.2, -0.15) is 0 Å². The minimum Gasteiger partial charge on any atom is -0.488 e. The summed E-state index contributed by atoms with van der Waals surface area (Å²) in [6.07, 6.45) is 4.02. The van der Waals surface area contributed by atoms with Crippen LogP contribution in [0.4, 0.5) is 5.69 Å². The highest BCUT2D eigenvalue weighted by Gasteiger charge is 2.22. The lowest BCUT2D eigenvalue weighted by atomic mass is 9.84. The van der Waals surface area contributed by atoms with E-state index in [-0.39, 0.29) is 24.4 Å². The second kappa shape index (κ2) is 10.00. The third-order valence-corrected chi connectivity index (χ3v) is 5.02. The zero-order valence-electron chi connectivity index (χ0n) is 14.8. The number of nitrogens with one attached hydrogen (secondary N) is 2. The second-order valence-electron chi connectivity index (χ2n) is 6.94. The number of hydrogen-bond acceptors (Lipinski definition) is 4. The third-order valence-electron chi connectivity index (χ3n) is 5.02. The highest BCUT2D eigenvalue weighted by Crippen LogP contribution is 2.25. The lowest BCUT2D eigenvalue weighted by Crippen LogP contribution is -2.32. The van der Waals surface area contributed by atoms with Crippen LogP contribution in [0.15, 0.2) is 24.3 Å². The van der Waals surface area contributed by atoms with Gasteiger partial charge in [-0.25, -0.2) is 0 Å². The predicted molar refractivity (Wildman–Crippen MR) is 102 cm³/mol. The monoisotopic (exact) mass is 368 g/mol. The molecule has 0 aliphatic carbocycles. The summed E-state index contributed by atoms with van der Waals surface area (Å²) in [5, 5.41) is 6.37. The van der Waals surface area contributed by atoms with Crippen LogP contribution in [0.1, 0.15) is 32.6 Å². The standard InChI is InChI=1S/C19H28N2O3.ClH/c1-14(15-6-9-20-10-7-15)12-19(22)21-16-2-4-17(5-3-16)24-18-8-11-23-13-18;/h2-5,14-15,18,20H,6-13H2,1H3,(H,21,22);1H. The Balaban J connectivity index is 0.00000225. The van der Waals surface area contributed by atoms with Crippen LogP contribution in [0.25, 0.3) is 0 Å². The predicted octanol–water partition coefficient (Wildman–Crippen LogP) is 3.24. The van der Waals surface area contributed by atoms with Crippen LogP contribution in [-0.4, -0.2) is 38.3 Å². The van der Waals surface area contributed by atoms with Crippen LogP contribution in [0, 0.1) is 11.8 Å². The molecule has 2 unspecified atom stereocenters. The molecule has 0 radical (unpaired) electrons. The smallest absolute Gasteiger partial charge is 0.224 e. The Kier molecular flexibility index (Phi) is 8.00. The first-order valence-electron chi connectivity index (χ1n) is 9.06. The molecular weight excluding hydrogens is 340 g/mol. The molecule has 2 aliphatic heterocycles. The minimum absolute atomic E-state index is 0. The van der Waals surface area contributed by atoms with Gasteiger partial charge in [0.25, 0.3) is 0 Å². The fourth-order valence-electron chi connectivity index (χ4n) is 3.50. The van der Waals surface area contributed by atoms with Gasteiger partial charge in [0.15, 0.2) is 0 Å². The van der Waals surface area contributed by atoms with Crippen LogP contribution in [-0.2, 0) is 9.53 Å². The average Bonchev–Trinajstić information content (AvgIpc) is 3.10. The largest absolute Gasteiger partial charge is 0.488 e. The van der Waals surface area contributed by atoms with Gasteiger partial charge in [-0.3, -0.25) is 4.79 Å². The Hall–Kier alpha value is -1.30. The van der Waals surface area contributed by atoms with Gasteiger partial charge < -0.3 is 20.1 Å². The van der Waals surface area contributed by atoms with Gasteiger partial charge in [-0.15, -0.1) is 12.4 Å². The van der Waals surface area contributed by atoms with Crippen LogP contribution in [0.3, 0.4) is 0 Å². The molecule has 6 heteroatoms. The van der Waals surface area contributed by atoms with E-state index >= 15 is 0 Å². The van der Waals surface area contributed by atoms with Gasteiger partial charge in [0.1, 0.15) is 11.9 Å². The van der Waals surface area contributed by atoms with Crippen LogP contribution in [0.2, 0.25) is 0 Å². The number of amides is 1.